The number of aromatic nitrogens is 2. The first-order valence-electron chi connectivity index (χ1n) is 8.52. The van der Waals surface area contributed by atoms with Crippen LogP contribution in [0.2, 0.25) is 0 Å². The molecule has 0 unspecified atom stereocenters. The Morgan fingerprint density at radius 1 is 1.26 bits per heavy atom. The Labute approximate surface area is 171 Å². The second-order valence-corrected chi connectivity index (χ2v) is 7.87. The molecule has 5 nitrogen and oxygen atoms in total. The molecule has 1 heterocycles. The number of carbonyl (C=O) groups excluding carboxylic acids is 1. The number of thioether (sulfide) groups is 1. The van der Waals surface area contributed by atoms with Crippen LogP contribution in [0.25, 0.3) is 11.0 Å². The fourth-order valence-electron chi connectivity index (χ4n) is 2.75. The normalized spacial score (nSPS) is 10.7. The van der Waals surface area contributed by atoms with E-state index in [9.17, 15) is 4.79 Å². The zero-order chi connectivity index (χ0) is 19.2. The number of fused-ring (bicyclic) bond motifs is 1. The number of hydrogen-bond donors (Lipinski definition) is 0. The fraction of sp³-hybridized carbons (Fsp3) is 0.250. The first-order valence-corrected chi connectivity index (χ1v) is 10.3. The van der Waals surface area contributed by atoms with Crippen LogP contribution in [-0.2, 0) is 17.9 Å². The Kier molecular flexibility index (Phi) is 6.54. The van der Waals surface area contributed by atoms with Crippen molar-refractivity contribution in [2.75, 3.05) is 12.8 Å². The van der Waals surface area contributed by atoms with E-state index in [-0.39, 0.29) is 5.91 Å². The highest BCUT2D eigenvalue weighted by Gasteiger charge is 2.15. The maximum Gasteiger partial charge on any atom is 0.233 e. The molecule has 0 N–H and O–H groups in total. The molecular weight excluding hydrogens is 424 g/mol. The van der Waals surface area contributed by atoms with Crippen molar-refractivity contribution in [2.24, 2.45) is 0 Å². The number of aryl methyl sites for hydroxylation is 1. The minimum Gasteiger partial charge on any atom is -0.341 e. The van der Waals surface area contributed by atoms with E-state index in [0.29, 0.717) is 25.3 Å². The largest absolute Gasteiger partial charge is 0.341 e. The molecule has 0 atom stereocenters. The van der Waals surface area contributed by atoms with Gasteiger partial charge in [-0.1, -0.05) is 58.0 Å². The Morgan fingerprint density at radius 2 is 2.00 bits per heavy atom. The van der Waals surface area contributed by atoms with Gasteiger partial charge in [0.05, 0.1) is 29.3 Å². The van der Waals surface area contributed by atoms with Gasteiger partial charge in [-0.3, -0.25) is 4.79 Å². The van der Waals surface area contributed by atoms with E-state index in [2.05, 4.69) is 27.0 Å². The zero-order valence-corrected chi connectivity index (χ0v) is 17.3. The standard InChI is InChI=1S/C20H19BrN4OS/c1-24(13-15-7-2-3-8-16(15)21)19(26)14-27-20-23-17-9-4-5-10-18(17)25(20)12-6-11-22/h2-5,7-10H,6,12-14H2,1H3. The average molecular weight is 443 g/mol. The summed E-state index contributed by atoms with van der Waals surface area (Å²) in [6, 6.07) is 17.9. The molecule has 1 amide bonds. The molecule has 0 radical (unpaired) electrons. The molecule has 3 aromatic rings. The second-order valence-electron chi connectivity index (χ2n) is 6.07. The quantitative estimate of drug-likeness (QED) is 0.506. The third-order valence-corrected chi connectivity index (χ3v) is 5.92. The Bertz CT molecular complexity index is 995. The summed E-state index contributed by atoms with van der Waals surface area (Å²) in [5.74, 6) is 0.339. The Hall–Kier alpha value is -2.30. The molecule has 3 rings (SSSR count). The van der Waals surface area contributed by atoms with Gasteiger partial charge >= 0.3 is 0 Å². The second kappa shape index (κ2) is 9.07. The number of nitrogens with zero attached hydrogens (tertiary/aromatic N) is 4. The van der Waals surface area contributed by atoms with E-state index in [1.165, 1.54) is 11.8 Å². The number of halogens is 1. The third kappa shape index (κ3) is 4.71. The number of amides is 1. The molecule has 0 fully saturated rings. The van der Waals surface area contributed by atoms with Gasteiger partial charge in [-0.05, 0) is 23.8 Å². The van der Waals surface area contributed by atoms with Gasteiger partial charge < -0.3 is 9.47 Å². The summed E-state index contributed by atoms with van der Waals surface area (Å²) in [4.78, 5) is 18.9. The van der Waals surface area contributed by atoms with E-state index < -0.39 is 0 Å². The summed E-state index contributed by atoms with van der Waals surface area (Å²) in [6.45, 7) is 1.12. The predicted octanol–water partition coefficient (Wildman–Crippen LogP) is 4.46. The Morgan fingerprint density at radius 3 is 2.78 bits per heavy atom. The molecule has 0 aliphatic rings. The summed E-state index contributed by atoms with van der Waals surface area (Å²) < 4.78 is 3.01. The third-order valence-electron chi connectivity index (χ3n) is 4.18. The van der Waals surface area contributed by atoms with E-state index in [4.69, 9.17) is 5.26 Å². The van der Waals surface area contributed by atoms with Crippen LogP contribution in [0, 0.1) is 11.3 Å². The van der Waals surface area contributed by atoms with Crippen molar-refractivity contribution in [3.8, 4) is 6.07 Å². The molecule has 0 aliphatic carbocycles. The van der Waals surface area contributed by atoms with Crippen LogP contribution < -0.4 is 0 Å². The smallest absolute Gasteiger partial charge is 0.233 e. The topological polar surface area (TPSA) is 61.9 Å². The molecule has 7 heteroatoms. The van der Waals surface area contributed by atoms with Gasteiger partial charge in [0.2, 0.25) is 5.91 Å². The van der Waals surface area contributed by atoms with Gasteiger partial charge in [-0.2, -0.15) is 5.26 Å². The van der Waals surface area contributed by atoms with Crippen LogP contribution in [0.4, 0.5) is 0 Å². The van der Waals surface area contributed by atoms with Crippen molar-refractivity contribution in [3.05, 3.63) is 58.6 Å². The van der Waals surface area contributed by atoms with Crippen molar-refractivity contribution >= 4 is 44.6 Å². The summed E-state index contributed by atoms with van der Waals surface area (Å²) in [6.07, 6.45) is 0.407. The molecule has 0 aliphatic heterocycles. The number of rotatable bonds is 7. The van der Waals surface area contributed by atoms with Crippen molar-refractivity contribution in [1.82, 2.24) is 14.5 Å². The molecule has 0 saturated heterocycles. The first-order chi connectivity index (χ1) is 13.1. The molecular formula is C20H19BrN4OS. The number of carbonyl (C=O) groups is 1. The van der Waals surface area contributed by atoms with E-state index in [1.807, 2.05) is 53.1 Å². The summed E-state index contributed by atoms with van der Waals surface area (Å²) >= 11 is 4.93. The number of hydrogen-bond acceptors (Lipinski definition) is 4. The predicted molar refractivity (Wildman–Crippen MR) is 111 cm³/mol. The van der Waals surface area contributed by atoms with Gasteiger partial charge in [0.15, 0.2) is 5.16 Å². The van der Waals surface area contributed by atoms with E-state index in [0.717, 1.165) is 26.2 Å². The molecule has 27 heavy (non-hydrogen) atoms. The molecule has 1 aromatic heterocycles. The van der Waals surface area contributed by atoms with Crippen LogP contribution in [0.3, 0.4) is 0 Å². The van der Waals surface area contributed by atoms with Gasteiger partial charge in [-0.15, -0.1) is 0 Å². The molecule has 0 bridgehead atoms. The molecule has 0 spiro atoms. The van der Waals surface area contributed by atoms with Crippen LogP contribution >= 0.6 is 27.7 Å². The van der Waals surface area contributed by atoms with Crippen LogP contribution in [0.15, 0.2) is 58.2 Å². The number of benzene rings is 2. The van der Waals surface area contributed by atoms with Gasteiger partial charge in [0.1, 0.15) is 0 Å². The Balaban J connectivity index is 1.69. The van der Waals surface area contributed by atoms with Crippen LogP contribution in [-0.4, -0.2) is 33.2 Å². The highest BCUT2D eigenvalue weighted by atomic mass is 79.9. The SMILES string of the molecule is CN(Cc1ccccc1Br)C(=O)CSc1nc2ccccc2n1CCC#N. The van der Waals surface area contributed by atoms with Gasteiger partial charge in [-0.25, -0.2) is 4.98 Å². The fourth-order valence-corrected chi connectivity index (χ4v) is 4.14. The lowest BCUT2D eigenvalue weighted by atomic mass is 10.2. The van der Waals surface area contributed by atoms with Crippen molar-refractivity contribution in [3.63, 3.8) is 0 Å². The lowest BCUT2D eigenvalue weighted by molar-refractivity contribution is -0.127. The number of imidazole rings is 1. The van der Waals surface area contributed by atoms with Crippen LogP contribution in [0.1, 0.15) is 12.0 Å². The lowest BCUT2D eigenvalue weighted by Gasteiger charge is -2.18. The first kappa shape index (κ1) is 19.5. The van der Waals surface area contributed by atoms with Crippen molar-refractivity contribution < 1.29 is 4.79 Å². The monoisotopic (exact) mass is 442 g/mol. The van der Waals surface area contributed by atoms with Crippen molar-refractivity contribution in [1.29, 1.82) is 5.26 Å². The molecule has 0 saturated carbocycles. The molecule has 2 aromatic carbocycles. The maximum absolute atomic E-state index is 12.6. The van der Waals surface area contributed by atoms with E-state index >= 15 is 0 Å². The summed E-state index contributed by atoms with van der Waals surface area (Å²) in [7, 11) is 1.81. The summed E-state index contributed by atoms with van der Waals surface area (Å²) in [5.41, 5.74) is 2.94. The van der Waals surface area contributed by atoms with E-state index in [1.54, 1.807) is 11.9 Å². The van der Waals surface area contributed by atoms with Gasteiger partial charge in [0, 0.05) is 24.6 Å². The number of para-hydroxylation sites is 2. The summed E-state index contributed by atoms with van der Waals surface area (Å²) in [5, 5.41) is 9.70. The number of nitriles is 1. The van der Waals surface area contributed by atoms with Crippen molar-refractivity contribution in [2.45, 2.75) is 24.7 Å². The minimum atomic E-state index is 0.0367. The highest BCUT2D eigenvalue weighted by molar-refractivity contribution is 9.10. The van der Waals surface area contributed by atoms with Gasteiger partial charge in [0.25, 0.3) is 0 Å². The average Bonchev–Trinajstić information content (AvgIpc) is 3.03. The zero-order valence-electron chi connectivity index (χ0n) is 14.9. The molecule has 138 valence electrons. The lowest BCUT2D eigenvalue weighted by Crippen LogP contribution is -2.28. The minimum absolute atomic E-state index is 0.0367. The maximum atomic E-state index is 12.6. The van der Waals surface area contributed by atoms with Crippen LogP contribution in [0.5, 0.6) is 0 Å². The highest BCUT2D eigenvalue weighted by Crippen LogP contribution is 2.25.